The number of nitrogens with zero attached hydrogens (tertiary/aromatic N) is 2. The Morgan fingerprint density at radius 2 is 2.00 bits per heavy atom. The van der Waals surface area contributed by atoms with E-state index in [1.54, 1.807) is 0 Å². The number of rotatable bonds is 2. The highest BCUT2D eigenvalue weighted by Crippen LogP contribution is 2.41. The Labute approximate surface area is 127 Å². The van der Waals surface area contributed by atoms with Crippen LogP contribution in [0.3, 0.4) is 0 Å². The second-order valence-electron chi connectivity index (χ2n) is 5.70. The van der Waals surface area contributed by atoms with E-state index in [-0.39, 0.29) is 5.60 Å². The van der Waals surface area contributed by atoms with Gasteiger partial charge in [-0.15, -0.1) is 0 Å². The van der Waals surface area contributed by atoms with E-state index in [0.717, 1.165) is 35.4 Å². The quantitative estimate of drug-likeness (QED) is 0.736. The summed E-state index contributed by atoms with van der Waals surface area (Å²) in [6.45, 7) is 2.85. The van der Waals surface area contributed by atoms with Crippen LogP contribution in [0.2, 0.25) is 5.15 Å². The van der Waals surface area contributed by atoms with Gasteiger partial charge in [-0.05, 0) is 48.5 Å². The van der Waals surface area contributed by atoms with E-state index in [9.17, 15) is 0 Å². The minimum absolute atomic E-state index is 0.363. The largest absolute Gasteiger partial charge is 0.367 e. The molecule has 0 N–H and O–H groups in total. The van der Waals surface area contributed by atoms with Crippen molar-refractivity contribution in [3.63, 3.8) is 0 Å². The molecule has 1 aromatic rings. The molecule has 1 aromatic heterocycles. The fourth-order valence-electron chi connectivity index (χ4n) is 3.10. The van der Waals surface area contributed by atoms with Gasteiger partial charge in [-0.25, -0.2) is 9.97 Å². The highest BCUT2D eigenvalue weighted by molar-refractivity contribution is 9.10. The maximum atomic E-state index is 6.28. The van der Waals surface area contributed by atoms with Crippen molar-refractivity contribution in [2.75, 3.05) is 6.61 Å². The minimum atomic E-state index is -0.363. The van der Waals surface area contributed by atoms with Crippen molar-refractivity contribution >= 4 is 27.5 Å². The lowest BCUT2D eigenvalue weighted by Gasteiger charge is -2.23. The fraction of sp³-hybridized carbons (Fsp3) is 0.714. The topological polar surface area (TPSA) is 35.0 Å². The molecule has 1 unspecified atom stereocenters. The lowest BCUT2D eigenvalue weighted by molar-refractivity contribution is 0.00906. The second-order valence-corrected chi connectivity index (χ2v) is 6.85. The van der Waals surface area contributed by atoms with E-state index in [4.69, 9.17) is 21.3 Å². The third-order valence-corrected chi connectivity index (χ3v) is 5.55. The van der Waals surface area contributed by atoms with Gasteiger partial charge in [0.1, 0.15) is 10.8 Å². The molecule has 1 aliphatic heterocycles. The van der Waals surface area contributed by atoms with E-state index >= 15 is 0 Å². The second kappa shape index (κ2) is 5.30. The molecule has 1 saturated heterocycles. The van der Waals surface area contributed by atoms with Crippen LogP contribution in [0.5, 0.6) is 0 Å². The Morgan fingerprint density at radius 1 is 1.26 bits per heavy atom. The Bertz CT molecular complexity index is 483. The van der Waals surface area contributed by atoms with Crippen LogP contribution >= 0.6 is 27.5 Å². The molecule has 1 aliphatic carbocycles. The molecular formula is C14H18BrClN2O. The molecule has 1 atom stereocenters. The summed E-state index contributed by atoms with van der Waals surface area (Å²) in [7, 11) is 0. The number of aromatic nitrogens is 2. The molecule has 3 nitrogen and oxygen atoms in total. The maximum Gasteiger partial charge on any atom is 0.162 e. The highest BCUT2D eigenvalue weighted by atomic mass is 79.9. The third-order valence-electron chi connectivity index (χ3n) is 4.27. The SMILES string of the molecule is CC1(c2nc(Cl)c(Br)c(C3CCCC3)n2)CCCO1. The first-order chi connectivity index (χ1) is 9.10. The molecule has 2 heterocycles. The molecule has 2 aliphatic rings. The molecule has 1 saturated carbocycles. The van der Waals surface area contributed by atoms with Crippen molar-refractivity contribution in [3.05, 3.63) is 21.1 Å². The highest BCUT2D eigenvalue weighted by Gasteiger charge is 2.36. The van der Waals surface area contributed by atoms with Crippen LogP contribution < -0.4 is 0 Å². The zero-order valence-corrected chi connectivity index (χ0v) is 13.4. The number of hydrogen-bond donors (Lipinski definition) is 0. The first-order valence-corrected chi connectivity index (χ1v) is 8.14. The van der Waals surface area contributed by atoms with Gasteiger partial charge in [0, 0.05) is 12.5 Å². The molecule has 0 spiro atoms. The Kier molecular flexibility index (Phi) is 3.84. The predicted molar refractivity (Wildman–Crippen MR) is 78.5 cm³/mol. The smallest absolute Gasteiger partial charge is 0.162 e. The summed E-state index contributed by atoms with van der Waals surface area (Å²) in [6, 6.07) is 0. The summed E-state index contributed by atoms with van der Waals surface area (Å²) in [5, 5.41) is 0.517. The van der Waals surface area contributed by atoms with Crippen molar-refractivity contribution in [2.24, 2.45) is 0 Å². The Morgan fingerprint density at radius 3 is 2.63 bits per heavy atom. The van der Waals surface area contributed by atoms with E-state index in [1.807, 2.05) is 0 Å². The third kappa shape index (κ3) is 2.55. The molecule has 104 valence electrons. The van der Waals surface area contributed by atoms with Crippen LogP contribution in [0.25, 0.3) is 0 Å². The summed E-state index contributed by atoms with van der Waals surface area (Å²) in [6.07, 6.45) is 6.98. The van der Waals surface area contributed by atoms with Crippen molar-refractivity contribution in [1.82, 2.24) is 9.97 Å². The average molecular weight is 346 g/mol. The molecule has 2 fully saturated rings. The number of ether oxygens (including phenoxy) is 1. The summed E-state index contributed by atoms with van der Waals surface area (Å²) >= 11 is 9.84. The normalized spacial score (nSPS) is 28.2. The van der Waals surface area contributed by atoms with Gasteiger partial charge in [0.25, 0.3) is 0 Å². The predicted octanol–water partition coefficient (Wildman–Crippen LogP) is 4.58. The lowest BCUT2D eigenvalue weighted by Crippen LogP contribution is -2.24. The van der Waals surface area contributed by atoms with Gasteiger partial charge in [0.2, 0.25) is 0 Å². The summed E-state index contributed by atoms with van der Waals surface area (Å²) in [5.74, 6) is 1.26. The first kappa shape index (κ1) is 13.8. The van der Waals surface area contributed by atoms with Crippen LogP contribution in [0, 0.1) is 0 Å². The summed E-state index contributed by atoms with van der Waals surface area (Å²) < 4.78 is 6.71. The van der Waals surface area contributed by atoms with Gasteiger partial charge < -0.3 is 4.74 Å². The fourth-order valence-corrected chi connectivity index (χ4v) is 3.78. The maximum absolute atomic E-state index is 6.28. The molecular weight excluding hydrogens is 328 g/mol. The summed E-state index contributed by atoms with van der Waals surface area (Å²) in [5.41, 5.74) is 0.710. The van der Waals surface area contributed by atoms with Gasteiger partial charge in [0.15, 0.2) is 5.82 Å². The molecule has 0 bridgehead atoms. The number of hydrogen-bond acceptors (Lipinski definition) is 3. The van der Waals surface area contributed by atoms with E-state index < -0.39 is 0 Å². The van der Waals surface area contributed by atoms with Crippen LogP contribution in [0.1, 0.15) is 62.9 Å². The molecule has 0 aromatic carbocycles. The molecule has 5 heteroatoms. The Hall–Kier alpha value is -0.190. The van der Waals surface area contributed by atoms with E-state index in [0.29, 0.717) is 11.1 Å². The van der Waals surface area contributed by atoms with E-state index in [1.165, 1.54) is 25.7 Å². The summed E-state index contributed by atoms with van der Waals surface area (Å²) in [4.78, 5) is 9.24. The van der Waals surface area contributed by atoms with Crippen LogP contribution in [0.4, 0.5) is 0 Å². The van der Waals surface area contributed by atoms with Crippen LogP contribution in [-0.4, -0.2) is 16.6 Å². The van der Waals surface area contributed by atoms with Crippen LogP contribution in [-0.2, 0) is 10.3 Å². The standard InChI is InChI=1S/C14H18BrClN2O/c1-14(7-4-8-19-14)13-17-11(9-5-2-3-6-9)10(15)12(16)18-13/h9H,2-8H2,1H3. The van der Waals surface area contributed by atoms with Gasteiger partial charge in [-0.1, -0.05) is 24.4 Å². The van der Waals surface area contributed by atoms with Crippen molar-refractivity contribution < 1.29 is 4.74 Å². The van der Waals surface area contributed by atoms with Gasteiger partial charge in [-0.3, -0.25) is 0 Å². The molecule has 3 rings (SSSR count). The molecule has 0 amide bonds. The van der Waals surface area contributed by atoms with Crippen LogP contribution in [0.15, 0.2) is 4.47 Å². The van der Waals surface area contributed by atoms with Crippen molar-refractivity contribution in [3.8, 4) is 0 Å². The van der Waals surface area contributed by atoms with Crippen molar-refractivity contribution in [1.29, 1.82) is 0 Å². The molecule has 0 radical (unpaired) electrons. The molecule has 19 heavy (non-hydrogen) atoms. The van der Waals surface area contributed by atoms with Gasteiger partial charge in [-0.2, -0.15) is 0 Å². The number of halogens is 2. The van der Waals surface area contributed by atoms with Crippen molar-refractivity contribution in [2.45, 2.75) is 57.0 Å². The van der Waals surface area contributed by atoms with E-state index in [2.05, 4.69) is 27.8 Å². The Balaban J connectivity index is 2.02. The zero-order chi connectivity index (χ0) is 13.5. The zero-order valence-electron chi connectivity index (χ0n) is 11.1. The first-order valence-electron chi connectivity index (χ1n) is 6.97. The average Bonchev–Trinajstić information content (AvgIpc) is 3.04. The monoisotopic (exact) mass is 344 g/mol. The lowest BCUT2D eigenvalue weighted by atomic mass is 10.00. The van der Waals surface area contributed by atoms with Gasteiger partial charge >= 0.3 is 0 Å². The minimum Gasteiger partial charge on any atom is -0.367 e. The van der Waals surface area contributed by atoms with Gasteiger partial charge in [0.05, 0.1) is 10.2 Å².